The molecule has 3 aromatic rings. The minimum atomic E-state index is -2.91. The molecule has 0 unspecified atom stereocenters. The van der Waals surface area contributed by atoms with Crippen molar-refractivity contribution in [2.75, 3.05) is 18.4 Å². The van der Waals surface area contributed by atoms with Gasteiger partial charge in [-0.1, -0.05) is 18.2 Å². The molecule has 1 aromatic carbocycles. The standard InChI is InChI=1S/C22H22F3N5O2/c1-12(31)30-7-6-14(10-30)16-8-17-20(27-11-28-21(17)29(2)22(16)32)26-9-13-4-3-5-15(18(13)23)19(24)25/h3-5,8,11,14,19H,6-7,9-10H2,1-2H3,(H,26,27,28)/t14-/m0/s1. The smallest absolute Gasteiger partial charge is 0.266 e. The number of nitrogens with zero attached hydrogens (tertiary/aromatic N) is 4. The summed E-state index contributed by atoms with van der Waals surface area (Å²) < 4.78 is 41.8. The summed E-state index contributed by atoms with van der Waals surface area (Å²) >= 11 is 0. The maximum atomic E-state index is 14.4. The lowest BCUT2D eigenvalue weighted by Crippen LogP contribution is -2.28. The van der Waals surface area contributed by atoms with Crippen LogP contribution in [0.2, 0.25) is 0 Å². The average Bonchev–Trinajstić information content (AvgIpc) is 3.25. The van der Waals surface area contributed by atoms with Crippen molar-refractivity contribution in [1.29, 1.82) is 0 Å². The van der Waals surface area contributed by atoms with Gasteiger partial charge in [-0.3, -0.25) is 14.2 Å². The number of rotatable bonds is 5. The summed E-state index contributed by atoms with van der Waals surface area (Å²) in [5.74, 6) is -0.758. The van der Waals surface area contributed by atoms with Gasteiger partial charge in [0.2, 0.25) is 5.91 Å². The predicted octanol–water partition coefficient (Wildman–Crippen LogP) is 3.35. The highest BCUT2D eigenvalue weighted by Crippen LogP contribution is 2.29. The second-order valence-corrected chi connectivity index (χ2v) is 7.85. The van der Waals surface area contributed by atoms with Crippen molar-refractivity contribution in [3.63, 3.8) is 0 Å². The molecule has 4 rings (SSSR count). The summed E-state index contributed by atoms with van der Waals surface area (Å²) in [6, 6.07) is 5.56. The molecule has 1 saturated heterocycles. The molecule has 1 aliphatic rings. The molecule has 0 spiro atoms. The van der Waals surface area contributed by atoms with Gasteiger partial charge in [0, 0.05) is 50.7 Å². The number of hydrogen-bond acceptors (Lipinski definition) is 5. The van der Waals surface area contributed by atoms with Gasteiger partial charge in [-0.05, 0) is 12.5 Å². The zero-order valence-corrected chi connectivity index (χ0v) is 17.6. The van der Waals surface area contributed by atoms with E-state index in [0.717, 1.165) is 6.07 Å². The molecule has 32 heavy (non-hydrogen) atoms. The van der Waals surface area contributed by atoms with E-state index in [4.69, 9.17) is 0 Å². The quantitative estimate of drug-likeness (QED) is 0.652. The SMILES string of the molecule is CC(=O)N1CC[C@H](c2cc3c(NCc4cccc(C(F)F)c4F)ncnc3n(C)c2=O)C1. The van der Waals surface area contributed by atoms with Gasteiger partial charge in [0.15, 0.2) is 0 Å². The summed E-state index contributed by atoms with van der Waals surface area (Å²) in [7, 11) is 1.61. The third kappa shape index (κ3) is 3.92. The van der Waals surface area contributed by atoms with Crippen LogP contribution in [-0.4, -0.2) is 38.4 Å². The highest BCUT2D eigenvalue weighted by Gasteiger charge is 2.28. The van der Waals surface area contributed by atoms with E-state index in [0.29, 0.717) is 41.9 Å². The van der Waals surface area contributed by atoms with Crippen molar-refractivity contribution >= 4 is 22.8 Å². The van der Waals surface area contributed by atoms with Crippen molar-refractivity contribution in [2.24, 2.45) is 7.05 Å². The average molecular weight is 445 g/mol. The van der Waals surface area contributed by atoms with Crippen LogP contribution < -0.4 is 10.9 Å². The fourth-order valence-corrected chi connectivity index (χ4v) is 4.11. The Kier molecular flexibility index (Phi) is 5.86. The maximum Gasteiger partial charge on any atom is 0.266 e. The molecule has 7 nitrogen and oxygen atoms in total. The van der Waals surface area contributed by atoms with Crippen LogP contribution in [0.4, 0.5) is 19.0 Å². The van der Waals surface area contributed by atoms with E-state index in [2.05, 4.69) is 15.3 Å². The lowest BCUT2D eigenvalue weighted by molar-refractivity contribution is -0.127. The number of pyridine rings is 1. The molecule has 0 radical (unpaired) electrons. The van der Waals surface area contributed by atoms with Crippen molar-refractivity contribution in [3.05, 3.63) is 63.5 Å². The number of halogens is 3. The first kappa shape index (κ1) is 21.8. The largest absolute Gasteiger partial charge is 0.365 e. The zero-order chi connectivity index (χ0) is 23.0. The zero-order valence-electron chi connectivity index (χ0n) is 17.6. The number of aryl methyl sites for hydroxylation is 1. The fourth-order valence-electron chi connectivity index (χ4n) is 4.11. The third-order valence-corrected chi connectivity index (χ3v) is 5.90. The van der Waals surface area contributed by atoms with Crippen LogP contribution >= 0.6 is 0 Å². The second-order valence-electron chi connectivity index (χ2n) is 7.85. The number of fused-ring (bicyclic) bond motifs is 1. The van der Waals surface area contributed by atoms with Crippen LogP contribution in [0.5, 0.6) is 0 Å². The summed E-state index contributed by atoms with van der Waals surface area (Å²) in [4.78, 5) is 34.7. The molecule has 10 heteroatoms. The number of carbonyl (C=O) groups is 1. The Hall–Kier alpha value is -3.43. The fraction of sp³-hybridized carbons (Fsp3) is 0.364. The van der Waals surface area contributed by atoms with E-state index < -0.39 is 17.8 Å². The lowest BCUT2D eigenvalue weighted by atomic mass is 9.98. The number of hydrogen-bond donors (Lipinski definition) is 1. The molecule has 1 amide bonds. The minimum Gasteiger partial charge on any atom is -0.365 e. The Bertz CT molecular complexity index is 1240. The molecule has 168 valence electrons. The molecule has 2 aromatic heterocycles. The Morgan fingerprint density at radius 1 is 1.31 bits per heavy atom. The van der Waals surface area contributed by atoms with E-state index in [1.54, 1.807) is 18.0 Å². The topological polar surface area (TPSA) is 80.1 Å². The van der Waals surface area contributed by atoms with Crippen LogP contribution in [0.3, 0.4) is 0 Å². The van der Waals surface area contributed by atoms with Crippen LogP contribution in [-0.2, 0) is 18.4 Å². The molecular formula is C22H22F3N5O2. The molecule has 1 fully saturated rings. The van der Waals surface area contributed by atoms with E-state index >= 15 is 0 Å². The lowest BCUT2D eigenvalue weighted by Gasteiger charge is -2.16. The number of amides is 1. The van der Waals surface area contributed by atoms with Crippen molar-refractivity contribution < 1.29 is 18.0 Å². The summed E-state index contributed by atoms with van der Waals surface area (Å²) in [5.41, 5.74) is 0.158. The van der Waals surface area contributed by atoms with Crippen LogP contribution in [0.25, 0.3) is 11.0 Å². The maximum absolute atomic E-state index is 14.4. The highest BCUT2D eigenvalue weighted by molar-refractivity contribution is 5.87. The molecule has 0 bridgehead atoms. The van der Waals surface area contributed by atoms with Crippen molar-refractivity contribution in [3.8, 4) is 0 Å². The second kappa shape index (κ2) is 8.60. The van der Waals surface area contributed by atoms with Gasteiger partial charge in [-0.2, -0.15) is 0 Å². The van der Waals surface area contributed by atoms with Gasteiger partial charge in [0.25, 0.3) is 12.0 Å². The van der Waals surface area contributed by atoms with Crippen molar-refractivity contribution in [2.45, 2.75) is 32.2 Å². The van der Waals surface area contributed by atoms with E-state index in [1.165, 1.54) is 30.0 Å². The summed E-state index contributed by atoms with van der Waals surface area (Å²) in [5, 5.41) is 3.54. The monoisotopic (exact) mass is 445 g/mol. The number of carbonyl (C=O) groups excluding carboxylic acids is 1. The van der Waals surface area contributed by atoms with E-state index in [9.17, 15) is 22.8 Å². The van der Waals surface area contributed by atoms with Crippen LogP contribution in [0.15, 0.2) is 35.4 Å². The third-order valence-electron chi connectivity index (χ3n) is 5.90. The minimum absolute atomic E-state index is 0.0381. The number of nitrogens with one attached hydrogen (secondary N) is 1. The van der Waals surface area contributed by atoms with E-state index in [-0.39, 0.29) is 29.5 Å². The number of alkyl halides is 2. The normalized spacial score (nSPS) is 16.2. The summed E-state index contributed by atoms with van der Waals surface area (Å²) in [6.45, 7) is 2.46. The molecule has 1 atom stereocenters. The van der Waals surface area contributed by atoms with Gasteiger partial charge in [0.1, 0.15) is 23.6 Å². The number of anilines is 1. The number of benzene rings is 1. The Morgan fingerprint density at radius 3 is 2.78 bits per heavy atom. The van der Waals surface area contributed by atoms with Gasteiger partial charge in [0.05, 0.1) is 10.9 Å². The van der Waals surface area contributed by atoms with Crippen molar-refractivity contribution in [1.82, 2.24) is 19.4 Å². The van der Waals surface area contributed by atoms with Gasteiger partial charge in [-0.15, -0.1) is 0 Å². The number of aromatic nitrogens is 3. The first-order valence-corrected chi connectivity index (χ1v) is 10.2. The number of likely N-dealkylation sites (tertiary alicyclic amines) is 1. The van der Waals surface area contributed by atoms with Gasteiger partial charge >= 0.3 is 0 Å². The Balaban J connectivity index is 1.69. The molecule has 0 aliphatic carbocycles. The van der Waals surface area contributed by atoms with Gasteiger partial charge < -0.3 is 10.2 Å². The van der Waals surface area contributed by atoms with Crippen LogP contribution in [0, 0.1) is 5.82 Å². The Labute approximate surface area is 181 Å². The highest BCUT2D eigenvalue weighted by atomic mass is 19.3. The first-order valence-electron chi connectivity index (χ1n) is 10.2. The first-order chi connectivity index (χ1) is 15.3. The van der Waals surface area contributed by atoms with Gasteiger partial charge in [-0.25, -0.2) is 23.1 Å². The molecule has 3 heterocycles. The molecule has 0 saturated carbocycles. The summed E-state index contributed by atoms with van der Waals surface area (Å²) in [6.07, 6.45) is -0.960. The molecule has 1 aliphatic heterocycles. The molecular weight excluding hydrogens is 423 g/mol. The van der Waals surface area contributed by atoms with E-state index in [1.807, 2.05) is 0 Å². The predicted molar refractivity (Wildman–Crippen MR) is 113 cm³/mol. The van der Waals surface area contributed by atoms with Crippen LogP contribution in [0.1, 0.15) is 42.4 Å². The Morgan fingerprint density at radius 2 is 2.09 bits per heavy atom. The molecule has 1 N–H and O–H groups in total.